The van der Waals surface area contributed by atoms with E-state index in [1.165, 1.54) is 0 Å². The predicted octanol–water partition coefficient (Wildman–Crippen LogP) is 0.463. The van der Waals surface area contributed by atoms with Crippen LogP contribution in [0, 0.1) is 23.2 Å². The van der Waals surface area contributed by atoms with Gasteiger partial charge in [-0.2, -0.15) is 5.26 Å². The zero-order valence-electron chi connectivity index (χ0n) is 5.97. The Morgan fingerprint density at radius 2 is 2.00 bits per heavy atom. The second-order valence-electron chi connectivity index (χ2n) is 2.02. The standard InChI is InChI=1S/C7H10N2/c1-7(9(2)3)5-4-6-8/h7H,1-3H3. The molecule has 0 N–H and O–H groups in total. The number of nitriles is 1. The van der Waals surface area contributed by atoms with Crippen molar-refractivity contribution < 1.29 is 0 Å². The van der Waals surface area contributed by atoms with Gasteiger partial charge >= 0.3 is 0 Å². The molecule has 1 atom stereocenters. The molecule has 0 bridgehead atoms. The molecule has 0 aliphatic carbocycles. The molecule has 0 rings (SSSR count). The Labute approximate surface area is 56.1 Å². The van der Waals surface area contributed by atoms with Crippen LogP contribution in [0.15, 0.2) is 0 Å². The van der Waals surface area contributed by atoms with E-state index in [1.54, 1.807) is 6.07 Å². The van der Waals surface area contributed by atoms with E-state index >= 15 is 0 Å². The van der Waals surface area contributed by atoms with Crippen LogP contribution in [0.5, 0.6) is 0 Å². The van der Waals surface area contributed by atoms with Gasteiger partial charge in [0.25, 0.3) is 0 Å². The Morgan fingerprint density at radius 1 is 1.44 bits per heavy atom. The Hall–Kier alpha value is -0.990. The van der Waals surface area contributed by atoms with Crippen molar-refractivity contribution in [1.29, 1.82) is 5.26 Å². The summed E-state index contributed by atoms with van der Waals surface area (Å²) >= 11 is 0. The van der Waals surface area contributed by atoms with E-state index in [-0.39, 0.29) is 6.04 Å². The zero-order chi connectivity index (χ0) is 7.28. The molecule has 0 saturated heterocycles. The van der Waals surface area contributed by atoms with Crippen molar-refractivity contribution >= 4 is 0 Å². The number of hydrogen-bond donors (Lipinski definition) is 0. The first-order chi connectivity index (χ1) is 4.18. The van der Waals surface area contributed by atoms with Crippen molar-refractivity contribution in [2.24, 2.45) is 0 Å². The maximum Gasteiger partial charge on any atom is 0.152 e. The second kappa shape index (κ2) is 3.95. The SMILES string of the molecule is CC(C#CC#N)N(C)C. The van der Waals surface area contributed by atoms with Gasteiger partial charge in [-0.25, -0.2) is 0 Å². The van der Waals surface area contributed by atoms with Crippen molar-refractivity contribution in [1.82, 2.24) is 4.90 Å². The van der Waals surface area contributed by atoms with Crippen molar-refractivity contribution in [2.75, 3.05) is 14.1 Å². The highest BCUT2D eigenvalue weighted by molar-refractivity contribution is 5.19. The Morgan fingerprint density at radius 3 is 2.33 bits per heavy atom. The van der Waals surface area contributed by atoms with Gasteiger partial charge in [0.05, 0.1) is 6.04 Å². The van der Waals surface area contributed by atoms with Gasteiger partial charge in [0, 0.05) is 5.92 Å². The lowest BCUT2D eigenvalue weighted by Gasteiger charge is -2.11. The monoisotopic (exact) mass is 122 g/mol. The maximum atomic E-state index is 8.05. The predicted molar refractivity (Wildman–Crippen MR) is 36.5 cm³/mol. The van der Waals surface area contributed by atoms with E-state index in [4.69, 9.17) is 5.26 Å². The van der Waals surface area contributed by atoms with E-state index in [0.717, 1.165) is 0 Å². The van der Waals surface area contributed by atoms with Gasteiger partial charge in [-0.3, -0.25) is 4.90 Å². The second-order valence-corrected chi connectivity index (χ2v) is 2.02. The smallest absolute Gasteiger partial charge is 0.152 e. The molecule has 2 nitrogen and oxygen atoms in total. The average molecular weight is 122 g/mol. The molecule has 0 aromatic rings. The van der Waals surface area contributed by atoms with Crippen molar-refractivity contribution in [3.8, 4) is 17.9 Å². The summed E-state index contributed by atoms with van der Waals surface area (Å²) in [4.78, 5) is 1.95. The Kier molecular flexibility index (Phi) is 3.51. The van der Waals surface area contributed by atoms with Gasteiger partial charge in [0.2, 0.25) is 0 Å². The molecule has 1 unspecified atom stereocenters. The quantitative estimate of drug-likeness (QED) is 0.472. The minimum Gasteiger partial charge on any atom is -0.296 e. The van der Waals surface area contributed by atoms with Crippen LogP contribution in [0.1, 0.15) is 6.92 Å². The molecule has 0 aromatic heterocycles. The van der Waals surface area contributed by atoms with Gasteiger partial charge in [-0.05, 0) is 21.0 Å². The van der Waals surface area contributed by atoms with Gasteiger partial charge in [-0.1, -0.05) is 5.92 Å². The molecule has 0 saturated carbocycles. The van der Waals surface area contributed by atoms with Gasteiger partial charge in [-0.15, -0.1) is 0 Å². The summed E-state index contributed by atoms with van der Waals surface area (Å²) in [6, 6.07) is 1.94. The molecule has 0 heterocycles. The number of rotatable bonds is 1. The first kappa shape index (κ1) is 8.01. The van der Waals surface area contributed by atoms with Crippen LogP contribution < -0.4 is 0 Å². The first-order valence-electron chi connectivity index (χ1n) is 2.74. The van der Waals surface area contributed by atoms with Crippen molar-refractivity contribution in [3.05, 3.63) is 0 Å². The number of hydrogen-bond acceptors (Lipinski definition) is 2. The summed E-state index contributed by atoms with van der Waals surface area (Å²) < 4.78 is 0. The van der Waals surface area contributed by atoms with Gasteiger partial charge in [0.1, 0.15) is 0 Å². The Bertz CT molecular complexity index is 166. The van der Waals surface area contributed by atoms with Crippen LogP contribution >= 0.6 is 0 Å². The summed E-state index contributed by atoms with van der Waals surface area (Å²) in [6.45, 7) is 1.95. The van der Waals surface area contributed by atoms with Crippen LogP contribution in [0.2, 0.25) is 0 Å². The molecule has 0 aliphatic heterocycles. The lowest BCUT2D eigenvalue weighted by molar-refractivity contribution is 0.373. The minimum atomic E-state index is 0.171. The van der Waals surface area contributed by atoms with Crippen LogP contribution in [-0.2, 0) is 0 Å². The van der Waals surface area contributed by atoms with Crippen LogP contribution in [0.3, 0.4) is 0 Å². The molecule has 0 fully saturated rings. The third-order valence-electron chi connectivity index (χ3n) is 1.11. The lowest BCUT2D eigenvalue weighted by Crippen LogP contribution is -2.22. The lowest BCUT2D eigenvalue weighted by atomic mass is 10.3. The molecule has 0 aromatic carbocycles. The third-order valence-corrected chi connectivity index (χ3v) is 1.11. The zero-order valence-corrected chi connectivity index (χ0v) is 5.97. The van der Waals surface area contributed by atoms with Crippen LogP contribution in [0.25, 0.3) is 0 Å². The third kappa shape index (κ3) is 3.58. The Balaban J connectivity index is 3.79. The van der Waals surface area contributed by atoms with Gasteiger partial charge in [0.15, 0.2) is 6.07 Å². The van der Waals surface area contributed by atoms with Crippen LogP contribution in [0.4, 0.5) is 0 Å². The van der Waals surface area contributed by atoms with E-state index in [9.17, 15) is 0 Å². The molecular formula is C7H10N2. The molecule has 0 radical (unpaired) electrons. The average Bonchev–Trinajstić information content (AvgIpc) is 1.82. The molecule has 0 aliphatic rings. The van der Waals surface area contributed by atoms with Gasteiger partial charge < -0.3 is 0 Å². The molecule has 0 spiro atoms. The fraction of sp³-hybridized carbons (Fsp3) is 0.571. The topological polar surface area (TPSA) is 27.0 Å². The molecule has 2 heteroatoms. The van der Waals surface area contributed by atoms with Crippen LogP contribution in [-0.4, -0.2) is 25.0 Å². The van der Waals surface area contributed by atoms with Crippen molar-refractivity contribution in [2.45, 2.75) is 13.0 Å². The number of nitrogens with zero attached hydrogens (tertiary/aromatic N) is 2. The van der Waals surface area contributed by atoms with E-state index in [1.807, 2.05) is 25.9 Å². The normalized spacial score (nSPS) is 11.4. The highest BCUT2D eigenvalue weighted by atomic mass is 15.1. The molecule has 9 heavy (non-hydrogen) atoms. The van der Waals surface area contributed by atoms with E-state index in [2.05, 4.69) is 11.8 Å². The van der Waals surface area contributed by atoms with E-state index in [0.29, 0.717) is 0 Å². The fourth-order valence-corrected chi connectivity index (χ4v) is 0.266. The molecule has 0 amide bonds. The summed E-state index contributed by atoms with van der Waals surface area (Å²) in [5, 5.41) is 8.05. The van der Waals surface area contributed by atoms with E-state index < -0.39 is 0 Å². The highest BCUT2D eigenvalue weighted by Crippen LogP contribution is 1.85. The van der Waals surface area contributed by atoms with Crippen molar-refractivity contribution in [3.63, 3.8) is 0 Å². The largest absolute Gasteiger partial charge is 0.296 e. The first-order valence-corrected chi connectivity index (χ1v) is 2.74. The molecular weight excluding hydrogens is 112 g/mol. The summed E-state index contributed by atoms with van der Waals surface area (Å²) in [6.07, 6.45) is 0. The summed E-state index contributed by atoms with van der Waals surface area (Å²) in [7, 11) is 3.85. The molecule has 48 valence electrons. The summed E-state index contributed by atoms with van der Waals surface area (Å²) in [5.41, 5.74) is 0. The highest BCUT2D eigenvalue weighted by Gasteiger charge is 1.95. The fourth-order valence-electron chi connectivity index (χ4n) is 0.266. The maximum absolute atomic E-state index is 8.05. The summed E-state index contributed by atoms with van der Waals surface area (Å²) in [5.74, 6) is 5.09. The minimum absolute atomic E-state index is 0.171.